The van der Waals surface area contributed by atoms with Crippen LogP contribution in [0.4, 0.5) is 0 Å². The number of aromatic amines is 1. The van der Waals surface area contributed by atoms with Crippen molar-refractivity contribution < 1.29 is 4.79 Å². The van der Waals surface area contributed by atoms with Crippen molar-refractivity contribution >= 4 is 39.2 Å². The van der Waals surface area contributed by atoms with Gasteiger partial charge in [-0.15, -0.1) is 23.1 Å². The lowest BCUT2D eigenvalue weighted by atomic mass is 10.0. The van der Waals surface area contributed by atoms with Crippen LogP contribution in [0.2, 0.25) is 0 Å². The Morgan fingerprint density at radius 1 is 1.27 bits per heavy atom. The zero-order chi connectivity index (χ0) is 23.5. The van der Waals surface area contributed by atoms with Gasteiger partial charge in [-0.3, -0.25) is 9.59 Å². The zero-order valence-electron chi connectivity index (χ0n) is 19.8. The molecule has 1 aliphatic rings. The molecule has 0 radical (unpaired) electrons. The Labute approximate surface area is 203 Å². The van der Waals surface area contributed by atoms with E-state index in [0.29, 0.717) is 26.7 Å². The molecular formula is C25H32N4O2S2. The van der Waals surface area contributed by atoms with Crippen LogP contribution in [0, 0.1) is 20.8 Å². The second-order valence-electron chi connectivity index (χ2n) is 8.90. The highest BCUT2D eigenvalue weighted by Crippen LogP contribution is 2.29. The van der Waals surface area contributed by atoms with Crippen molar-refractivity contribution in [2.24, 2.45) is 0 Å². The molecular weight excluding hydrogens is 452 g/mol. The molecule has 0 spiro atoms. The Morgan fingerprint density at radius 3 is 2.76 bits per heavy atom. The minimum Gasteiger partial charge on any atom is -0.349 e. The maximum absolute atomic E-state index is 13.0. The average molecular weight is 485 g/mol. The molecule has 3 aromatic rings. The Morgan fingerprint density at radius 2 is 2.03 bits per heavy atom. The standard InChI is InChI=1S/C25H32N4O2S2/c1-5-10-29-11-8-18(9-12-29)26-24(31)22-17(4)21-23(30)27-20(28-25(21)33-22)14-32-19-13-15(2)6-7-16(19)3/h6-7,13,18H,5,8-12,14H2,1-4H3,(H,26,31)(H,27,28,30). The summed E-state index contributed by atoms with van der Waals surface area (Å²) in [6, 6.07) is 6.55. The Kier molecular flexibility index (Phi) is 7.56. The molecule has 33 heavy (non-hydrogen) atoms. The number of rotatable bonds is 7. The van der Waals surface area contributed by atoms with E-state index in [0.717, 1.165) is 44.5 Å². The van der Waals surface area contributed by atoms with Crippen LogP contribution in [0.25, 0.3) is 10.2 Å². The predicted octanol–water partition coefficient (Wildman–Crippen LogP) is 4.81. The van der Waals surface area contributed by atoms with Crippen molar-refractivity contribution in [3.63, 3.8) is 0 Å². The first-order valence-electron chi connectivity index (χ1n) is 11.6. The van der Waals surface area contributed by atoms with Crippen LogP contribution in [-0.4, -0.2) is 46.5 Å². The maximum Gasteiger partial charge on any atom is 0.261 e. The van der Waals surface area contributed by atoms with Crippen LogP contribution < -0.4 is 10.9 Å². The van der Waals surface area contributed by atoms with Gasteiger partial charge in [0.05, 0.1) is 16.0 Å². The Balaban J connectivity index is 1.48. The summed E-state index contributed by atoms with van der Waals surface area (Å²) in [7, 11) is 0. The lowest BCUT2D eigenvalue weighted by molar-refractivity contribution is 0.0915. The van der Waals surface area contributed by atoms with Gasteiger partial charge in [-0.05, 0) is 63.8 Å². The molecule has 0 bridgehead atoms. The lowest BCUT2D eigenvalue weighted by Gasteiger charge is -2.32. The molecule has 1 amide bonds. The van der Waals surface area contributed by atoms with Gasteiger partial charge in [-0.25, -0.2) is 4.98 Å². The van der Waals surface area contributed by atoms with Crippen LogP contribution in [0.3, 0.4) is 0 Å². The third-order valence-electron chi connectivity index (χ3n) is 6.23. The Hall–Kier alpha value is -2.16. The van der Waals surface area contributed by atoms with E-state index in [1.54, 1.807) is 11.8 Å². The number of benzene rings is 1. The molecule has 1 fully saturated rings. The van der Waals surface area contributed by atoms with Crippen molar-refractivity contribution in [1.29, 1.82) is 0 Å². The molecule has 3 heterocycles. The van der Waals surface area contributed by atoms with Gasteiger partial charge in [-0.2, -0.15) is 0 Å². The van der Waals surface area contributed by atoms with Crippen molar-refractivity contribution in [3.05, 3.63) is 55.9 Å². The van der Waals surface area contributed by atoms with Crippen LogP contribution in [-0.2, 0) is 5.75 Å². The normalized spacial score (nSPS) is 15.3. The molecule has 0 unspecified atom stereocenters. The number of H-pyrrole nitrogens is 1. The number of hydrogen-bond donors (Lipinski definition) is 2. The van der Waals surface area contributed by atoms with Gasteiger partial charge in [-0.1, -0.05) is 24.6 Å². The number of carbonyl (C=O) groups excluding carboxylic acids is 1. The molecule has 1 aromatic carbocycles. The first-order chi connectivity index (χ1) is 15.9. The number of fused-ring (bicyclic) bond motifs is 1. The molecule has 6 nitrogen and oxygen atoms in total. The highest BCUT2D eigenvalue weighted by molar-refractivity contribution is 7.98. The molecule has 176 valence electrons. The van der Waals surface area contributed by atoms with E-state index in [-0.39, 0.29) is 17.5 Å². The number of amides is 1. The monoisotopic (exact) mass is 484 g/mol. The van der Waals surface area contributed by atoms with E-state index in [4.69, 9.17) is 4.98 Å². The van der Waals surface area contributed by atoms with E-state index in [9.17, 15) is 9.59 Å². The van der Waals surface area contributed by atoms with E-state index < -0.39 is 0 Å². The molecule has 1 saturated heterocycles. The summed E-state index contributed by atoms with van der Waals surface area (Å²) in [5.74, 6) is 1.12. The van der Waals surface area contributed by atoms with Gasteiger partial charge in [0.2, 0.25) is 0 Å². The number of aromatic nitrogens is 2. The smallest absolute Gasteiger partial charge is 0.261 e. The number of thioether (sulfide) groups is 1. The van der Waals surface area contributed by atoms with Crippen molar-refractivity contribution in [2.45, 2.75) is 63.6 Å². The molecule has 1 aliphatic heterocycles. The largest absolute Gasteiger partial charge is 0.349 e. The molecule has 0 atom stereocenters. The van der Waals surface area contributed by atoms with E-state index >= 15 is 0 Å². The SMILES string of the molecule is CCCN1CCC(NC(=O)c2sc3nc(CSc4cc(C)ccc4C)[nH]c(=O)c3c2C)CC1. The maximum atomic E-state index is 13.0. The molecule has 2 N–H and O–H groups in total. The summed E-state index contributed by atoms with van der Waals surface area (Å²) in [5, 5.41) is 3.72. The fourth-order valence-electron chi connectivity index (χ4n) is 4.35. The minimum atomic E-state index is -0.169. The quantitative estimate of drug-likeness (QED) is 0.471. The number of piperidine rings is 1. The van der Waals surface area contributed by atoms with Gasteiger partial charge in [0, 0.05) is 24.0 Å². The third-order valence-corrected chi connectivity index (χ3v) is 8.58. The first-order valence-corrected chi connectivity index (χ1v) is 13.4. The number of carbonyl (C=O) groups is 1. The van der Waals surface area contributed by atoms with Gasteiger partial charge in [0.1, 0.15) is 10.7 Å². The van der Waals surface area contributed by atoms with Crippen LogP contribution in [0.15, 0.2) is 27.9 Å². The summed E-state index contributed by atoms with van der Waals surface area (Å²) in [6.07, 6.45) is 3.09. The van der Waals surface area contributed by atoms with E-state index in [1.807, 2.05) is 6.92 Å². The van der Waals surface area contributed by atoms with Crippen LogP contribution >= 0.6 is 23.1 Å². The number of aryl methyl sites for hydroxylation is 3. The second-order valence-corrected chi connectivity index (χ2v) is 10.9. The van der Waals surface area contributed by atoms with E-state index in [2.05, 4.69) is 54.2 Å². The number of thiophene rings is 1. The fourth-order valence-corrected chi connectivity index (χ4v) is 6.45. The molecule has 0 aliphatic carbocycles. The van der Waals surface area contributed by atoms with Gasteiger partial charge >= 0.3 is 0 Å². The second kappa shape index (κ2) is 10.4. The predicted molar refractivity (Wildman–Crippen MR) is 138 cm³/mol. The highest BCUT2D eigenvalue weighted by Gasteiger charge is 2.24. The third kappa shape index (κ3) is 5.50. The first kappa shape index (κ1) is 24.0. The topological polar surface area (TPSA) is 78.1 Å². The van der Waals surface area contributed by atoms with Crippen LogP contribution in [0.5, 0.6) is 0 Å². The minimum absolute atomic E-state index is 0.0878. The van der Waals surface area contributed by atoms with Crippen molar-refractivity contribution in [1.82, 2.24) is 20.2 Å². The fraction of sp³-hybridized carbons (Fsp3) is 0.480. The summed E-state index contributed by atoms with van der Waals surface area (Å²) in [6.45, 7) is 11.4. The van der Waals surface area contributed by atoms with Gasteiger partial charge in [0.25, 0.3) is 11.5 Å². The summed E-state index contributed by atoms with van der Waals surface area (Å²) in [5.41, 5.74) is 2.97. The van der Waals surface area contributed by atoms with Gasteiger partial charge in [0.15, 0.2) is 0 Å². The zero-order valence-corrected chi connectivity index (χ0v) is 21.4. The van der Waals surface area contributed by atoms with Crippen LogP contribution in [0.1, 0.15) is 58.4 Å². The molecule has 8 heteroatoms. The van der Waals surface area contributed by atoms with Gasteiger partial charge < -0.3 is 15.2 Å². The lowest BCUT2D eigenvalue weighted by Crippen LogP contribution is -2.44. The number of likely N-dealkylation sites (tertiary alicyclic amines) is 1. The molecule has 2 aromatic heterocycles. The van der Waals surface area contributed by atoms with Crippen molar-refractivity contribution in [3.8, 4) is 0 Å². The summed E-state index contributed by atoms with van der Waals surface area (Å²) < 4.78 is 0. The number of hydrogen-bond acceptors (Lipinski definition) is 6. The Bertz CT molecular complexity index is 1210. The summed E-state index contributed by atoms with van der Waals surface area (Å²) in [4.78, 5) is 38.4. The average Bonchev–Trinajstić information content (AvgIpc) is 3.13. The molecule has 4 rings (SSSR count). The highest BCUT2D eigenvalue weighted by atomic mass is 32.2. The van der Waals surface area contributed by atoms with Crippen molar-refractivity contribution in [2.75, 3.05) is 19.6 Å². The number of nitrogens with one attached hydrogen (secondary N) is 2. The summed E-state index contributed by atoms with van der Waals surface area (Å²) >= 11 is 2.99. The van der Waals surface area contributed by atoms with E-state index in [1.165, 1.54) is 27.4 Å². The number of nitrogens with zero attached hydrogens (tertiary/aromatic N) is 2. The molecule has 0 saturated carbocycles.